The van der Waals surface area contributed by atoms with E-state index < -0.39 is 11.8 Å². The molecule has 246 valence electrons. The van der Waals surface area contributed by atoms with Crippen LogP contribution in [0.25, 0.3) is 28.5 Å². The van der Waals surface area contributed by atoms with E-state index in [0.29, 0.717) is 51.2 Å². The molecule has 0 bridgehead atoms. The zero-order valence-electron chi connectivity index (χ0n) is 26.9. The Morgan fingerprint density at radius 3 is 2.81 bits per heavy atom. The molecule has 2 saturated carbocycles. The molecule has 5 heterocycles. The molecular weight excluding hydrogens is 617 g/mol. The van der Waals surface area contributed by atoms with Gasteiger partial charge in [0.25, 0.3) is 0 Å². The van der Waals surface area contributed by atoms with Gasteiger partial charge in [-0.2, -0.15) is 9.97 Å². The summed E-state index contributed by atoms with van der Waals surface area (Å²) in [5.74, 6) is 1.16. The first-order valence-corrected chi connectivity index (χ1v) is 17.5. The lowest BCUT2D eigenvalue weighted by atomic mass is 9.87. The lowest BCUT2D eigenvalue weighted by molar-refractivity contribution is -0.0123. The summed E-state index contributed by atoms with van der Waals surface area (Å²) in [6.45, 7) is 9.34. The summed E-state index contributed by atoms with van der Waals surface area (Å²) in [5.41, 5.74) is 6.69. The van der Waals surface area contributed by atoms with Gasteiger partial charge in [0.15, 0.2) is 0 Å². The number of pyridine rings is 1. The number of ether oxygens (including phenoxy) is 2. The number of aliphatic hydroxyl groups is 1. The Balaban J connectivity index is 1.21. The van der Waals surface area contributed by atoms with Crippen molar-refractivity contribution in [2.45, 2.75) is 80.5 Å². The summed E-state index contributed by atoms with van der Waals surface area (Å²) < 4.78 is 27.0. The first kappa shape index (κ1) is 30.0. The van der Waals surface area contributed by atoms with Crippen molar-refractivity contribution in [3.05, 3.63) is 58.4 Å². The Morgan fingerprint density at radius 2 is 2.02 bits per heavy atom. The summed E-state index contributed by atoms with van der Waals surface area (Å²) in [4.78, 5) is 19.8. The highest BCUT2D eigenvalue weighted by molar-refractivity contribution is 6.32. The molecule has 6 aliphatic rings. The fourth-order valence-electron chi connectivity index (χ4n) is 9.04. The van der Waals surface area contributed by atoms with Gasteiger partial charge in [0.05, 0.1) is 36.7 Å². The number of anilines is 1. The number of hydrogen-bond donors (Lipinski definition) is 1. The predicted octanol–water partition coefficient (Wildman–Crippen LogP) is 6.32. The lowest BCUT2D eigenvalue weighted by Gasteiger charge is -2.32. The number of nitrogens with zero attached hydrogens (tertiary/aromatic N) is 5. The first-order valence-electron chi connectivity index (χ1n) is 17.2. The summed E-state index contributed by atoms with van der Waals surface area (Å²) in [7, 11) is 0. The van der Waals surface area contributed by atoms with Crippen molar-refractivity contribution in [2.24, 2.45) is 0 Å². The number of benzene rings is 1. The monoisotopic (exact) mass is 657 g/mol. The number of halogens is 2. The van der Waals surface area contributed by atoms with Gasteiger partial charge in [0.2, 0.25) is 0 Å². The maximum Gasteiger partial charge on any atom is 0.318 e. The summed E-state index contributed by atoms with van der Waals surface area (Å²) >= 11 is 6.93. The van der Waals surface area contributed by atoms with Gasteiger partial charge in [-0.1, -0.05) is 30.3 Å². The maximum absolute atomic E-state index is 14.6. The number of hydrogen-bond acceptors (Lipinski definition) is 8. The third-order valence-electron chi connectivity index (χ3n) is 11.4. The van der Waals surface area contributed by atoms with Crippen molar-refractivity contribution in [3.63, 3.8) is 0 Å². The van der Waals surface area contributed by atoms with Gasteiger partial charge >= 0.3 is 6.01 Å². The molecule has 3 aromatic rings. The van der Waals surface area contributed by atoms with Crippen molar-refractivity contribution in [2.75, 3.05) is 50.9 Å². The van der Waals surface area contributed by atoms with Crippen molar-refractivity contribution in [1.29, 1.82) is 0 Å². The molecule has 0 radical (unpaired) electrons. The third kappa shape index (κ3) is 4.75. The fourth-order valence-corrected chi connectivity index (χ4v) is 9.35. The summed E-state index contributed by atoms with van der Waals surface area (Å²) in [6.07, 6.45) is 9.51. The lowest BCUT2D eigenvalue weighted by Crippen LogP contribution is -2.44. The molecule has 10 heteroatoms. The van der Waals surface area contributed by atoms with Crippen LogP contribution in [-0.4, -0.2) is 88.3 Å². The topological polar surface area (TPSA) is 83.8 Å². The van der Waals surface area contributed by atoms with Gasteiger partial charge in [-0.3, -0.25) is 9.88 Å². The quantitative estimate of drug-likeness (QED) is 0.316. The number of fused-ring (bicyclic) bond motifs is 6. The van der Waals surface area contributed by atoms with Gasteiger partial charge in [-0.15, -0.1) is 0 Å². The smallest absolute Gasteiger partial charge is 0.318 e. The van der Waals surface area contributed by atoms with Crippen molar-refractivity contribution >= 4 is 23.5 Å². The van der Waals surface area contributed by atoms with E-state index in [1.165, 1.54) is 5.56 Å². The number of aromatic nitrogens is 3. The number of alkyl halides is 1. The fraction of sp³-hybridized carbons (Fsp3) is 0.541. The minimum Gasteiger partial charge on any atom is -0.461 e. The van der Waals surface area contributed by atoms with E-state index >= 15 is 0 Å². The van der Waals surface area contributed by atoms with Crippen molar-refractivity contribution < 1.29 is 19.0 Å². The molecule has 2 aromatic heterocycles. The van der Waals surface area contributed by atoms with Crippen LogP contribution in [0, 0.1) is 0 Å². The molecule has 1 N–H and O–H groups in total. The highest BCUT2D eigenvalue weighted by Gasteiger charge is 2.57. The molecule has 9 rings (SSSR count). The van der Waals surface area contributed by atoms with Crippen LogP contribution in [-0.2, 0) is 10.2 Å². The van der Waals surface area contributed by atoms with Gasteiger partial charge in [-0.05, 0) is 92.3 Å². The molecule has 1 spiro atoms. The molecule has 8 nitrogen and oxygen atoms in total. The van der Waals surface area contributed by atoms with E-state index in [0.717, 1.165) is 95.1 Å². The second kappa shape index (κ2) is 10.7. The Bertz CT molecular complexity index is 1790. The van der Waals surface area contributed by atoms with Crippen LogP contribution in [0.2, 0.25) is 5.02 Å². The van der Waals surface area contributed by atoms with Gasteiger partial charge in [0, 0.05) is 47.3 Å². The minimum absolute atomic E-state index is 0.251. The molecule has 3 aliphatic carbocycles. The number of β-amino-alcohol motifs (C(OH)–C–C–N with tert-alkyl or cyclic N) is 1. The molecule has 47 heavy (non-hydrogen) atoms. The maximum atomic E-state index is 14.6. The minimum atomic E-state index is -1.06. The van der Waals surface area contributed by atoms with Gasteiger partial charge in [-0.25, -0.2) is 4.39 Å². The van der Waals surface area contributed by atoms with Crippen molar-refractivity contribution in [1.82, 2.24) is 19.9 Å². The van der Waals surface area contributed by atoms with Gasteiger partial charge in [0.1, 0.15) is 24.2 Å². The van der Waals surface area contributed by atoms with Crippen LogP contribution in [0.4, 0.5) is 10.2 Å². The standard InChI is InChI=1S/C37H41ClFN5O3/c1-3-22-7-8-26(38)27(23-5-6-23)28(22)31-30-25(9-13-40-31)29-32(37(30)11-12-37)41-34(42-33(29)43-15-16-46-20-35(2,45)19-43)47-21-36-10-4-14-44(36)18-24(39)17-36/h3,7-9,13,23-24,45H,1,4-6,10-12,14-21H2,2H3/t24-,35+,36+/m1/s1. The van der Waals surface area contributed by atoms with E-state index in [-0.39, 0.29) is 17.6 Å². The zero-order chi connectivity index (χ0) is 32.1. The molecule has 0 unspecified atom stereocenters. The zero-order valence-corrected chi connectivity index (χ0v) is 27.7. The van der Waals surface area contributed by atoms with E-state index in [4.69, 9.17) is 36.0 Å². The highest BCUT2D eigenvalue weighted by atomic mass is 35.5. The molecule has 3 saturated heterocycles. The highest BCUT2D eigenvalue weighted by Crippen LogP contribution is 2.66. The van der Waals surface area contributed by atoms with E-state index in [2.05, 4.69) is 22.4 Å². The predicted molar refractivity (Wildman–Crippen MR) is 180 cm³/mol. The first-order chi connectivity index (χ1) is 22.7. The Kier molecular flexibility index (Phi) is 6.82. The largest absolute Gasteiger partial charge is 0.461 e. The van der Waals surface area contributed by atoms with Crippen LogP contribution in [0.1, 0.15) is 80.2 Å². The van der Waals surface area contributed by atoms with E-state index in [9.17, 15) is 9.50 Å². The van der Waals surface area contributed by atoms with Crippen LogP contribution in [0.3, 0.4) is 0 Å². The average molecular weight is 658 g/mol. The van der Waals surface area contributed by atoms with E-state index in [1.807, 2.05) is 24.4 Å². The molecular formula is C37H41ClFN5O3. The molecule has 1 aromatic carbocycles. The Hall–Kier alpha value is -3.11. The molecule has 5 fully saturated rings. The van der Waals surface area contributed by atoms with Crippen LogP contribution < -0.4 is 9.64 Å². The SMILES string of the molecule is C=Cc1ccc(Cl)c(C2CC2)c1-c1nccc2c1C1(CC1)c1nc(OC[C@@]34CCCN3C[C@H](F)C4)nc(N3CCOC[C@@](C)(O)C3)c1-2. The average Bonchev–Trinajstić information content (AvgIpc) is 3.96. The Labute approximate surface area is 280 Å². The molecule has 0 amide bonds. The molecule has 3 aliphatic heterocycles. The summed E-state index contributed by atoms with van der Waals surface area (Å²) in [6, 6.07) is 6.44. The van der Waals surface area contributed by atoms with Gasteiger partial charge < -0.3 is 19.5 Å². The molecule has 3 atom stereocenters. The third-order valence-corrected chi connectivity index (χ3v) is 11.7. The normalized spacial score (nSPS) is 29.0. The summed E-state index contributed by atoms with van der Waals surface area (Å²) in [5, 5.41) is 12.0. The Morgan fingerprint density at radius 1 is 1.17 bits per heavy atom. The number of rotatable bonds is 7. The van der Waals surface area contributed by atoms with E-state index in [1.54, 1.807) is 6.92 Å². The van der Waals surface area contributed by atoms with Crippen LogP contribution in [0.5, 0.6) is 6.01 Å². The second-order valence-corrected chi connectivity index (χ2v) is 15.4. The van der Waals surface area contributed by atoms with Crippen molar-refractivity contribution in [3.8, 4) is 28.4 Å². The van der Waals surface area contributed by atoms with Crippen LogP contribution >= 0.6 is 11.6 Å². The van der Waals surface area contributed by atoms with Crippen LogP contribution in [0.15, 0.2) is 31.0 Å². The second-order valence-electron chi connectivity index (χ2n) is 15.0.